The van der Waals surface area contributed by atoms with Gasteiger partial charge in [-0.25, -0.2) is 9.37 Å². The molecule has 2 aromatic carbocycles. The number of nitrogens with zero attached hydrogens (tertiary/aromatic N) is 3. The van der Waals surface area contributed by atoms with E-state index in [1.165, 1.54) is 0 Å². The van der Waals surface area contributed by atoms with Crippen molar-refractivity contribution in [3.8, 4) is 22.6 Å². The standard InChI is InChI=1S/C29H30ClFN4O3/c1-17(2)20-14-21(19-7-5-6-8-24(19)37-3)22-15-23(33-27(22)26(20)31)29(36)35-11-9-34(10-12-35)28-25(38-4)13-18(30)16-32-28/h5-8,13-17,33H,9-12H2,1-4H3. The molecule has 1 aliphatic rings. The Kier molecular flexibility index (Phi) is 7.17. The summed E-state index contributed by atoms with van der Waals surface area (Å²) in [5.41, 5.74) is 2.93. The van der Waals surface area contributed by atoms with E-state index >= 15 is 4.39 Å². The van der Waals surface area contributed by atoms with Crippen LogP contribution in [0.15, 0.2) is 48.7 Å². The molecular weight excluding hydrogens is 507 g/mol. The van der Waals surface area contributed by atoms with Gasteiger partial charge in [0, 0.05) is 49.4 Å². The second-order valence-electron chi connectivity index (χ2n) is 9.61. The number of benzene rings is 2. The zero-order valence-electron chi connectivity index (χ0n) is 21.8. The van der Waals surface area contributed by atoms with E-state index in [2.05, 4.69) is 14.9 Å². The molecule has 1 fully saturated rings. The third-order valence-corrected chi connectivity index (χ3v) is 7.22. The summed E-state index contributed by atoms with van der Waals surface area (Å²) in [4.78, 5) is 24.9. The minimum absolute atomic E-state index is 0.0399. The van der Waals surface area contributed by atoms with Crippen molar-refractivity contribution in [2.75, 3.05) is 45.3 Å². The van der Waals surface area contributed by atoms with Gasteiger partial charge in [0.1, 0.15) is 11.4 Å². The van der Waals surface area contributed by atoms with Gasteiger partial charge in [-0.3, -0.25) is 4.79 Å². The Morgan fingerprint density at radius 2 is 1.74 bits per heavy atom. The molecule has 2 aromatic heterocycles. The molecule has 1 amide bonds. The smallest absolute Gasteiger partial charge is 0.270 e. The molecule has 0 aliphatic carbocycles. The first-order valence-electron chi connectivity index (χ1n) is 12.5. The predicted octanol–water partition coefficient (Wildman–Crippen LogP) is 6.13. The molecule has 38 heavy (non-hydrogen) atoms. The van der Waals surface area contributed by atoms with E-state index in [1.807, 2.05) is 44.2 Å². The molecule has 0 radical (unpaired) electrons. The van der Waals surface area contributed by atoms with Crippen LogP contribution in [0.2, 0.25) is 5.02 Å². The van der Waals surface area contributed by atoms with Crippen LogP contribution in [-0.2, 0) is 0 Å². The van der Waals surface area contributed by atoms with Crippen molar-refractivity contribution in [2.45, 2.75) is 19.8 Å². The van der Waals surface area contributed by atoms with Crippen molar-refractivity contribution in [1.29, 1.82) is 0 Å². The molecule has 1 aliphatic heterocycles. The lowest BCUT2D eigenvalue weighted by molar-refractivity contribution is 0.0741. The van der Waals surface area contributed by atoms with E-state index in [9.17, 15) is 4.79 Å². The monoisotopic (exact) mass is 536 g/mol. The molecule has 0 bridgehead atoms. The molecule has 4 aromatic rings. The number of rotatable bonds is 6. The zero-order chi connectivity index (χ0) is 27.0. The number of aromatic nitrogens is 2. The summed E-state index contributed by atoms with van der Waals surface area (Å²) in [6, 6.07) is 13.0. The number of ether oxygens (including phenoxy) is 2. The van der Waals surface area contributed by atoms with Gasteiger partial charge in [-0.05, 0) is 35.2 Å². The molecule has 198 valence electrons. The average molecular weight is 537 g/mol. The highest BCUT2D eigenvalue weighted by atomic mass is 35.5. The van der Waals surface area contributed by atoms with E-state index in [0.717, 1.165) is 11.1 Å². The Morgan fingerprint density at radius 3 is 2.42 bits per heavy atom. The van der Waals surface area contributed by atoms with Gasteiger partial charge >= 0.3 is 0 Å². The van der Waals surface area contributed by atoms with Gasteiger partial charge in [0.05, 0.1) is 24.8 Å². The number of pyridine rings is 1. The summed E-state index contributed by atoms with van der Waals surface area (Å²) < 4.78 is 26.7. The number of H-pyrrole nitrogens is 1. The number of para-hydroxylation sites is 1. The summed E-state index contributed by atoms with van der Waals surface area (Å²) in [7, 11) is 3.19. The molecule has 0 saturated carbocycles. The van der Waals surface area contributed by atoms with Gasteiger partial charge in [0.25, 0.3) is 5.91 Å². The van der Waals surface area contributed by atoms with Gasteiger partial charge in [0.15, 0.2) is 17.4 Å². The number of fused-ring (bicyclic) bond motifs is 1. The minimum atomic E-state index is -0.335. The van der Waals surface area contributed by atoms with Crippen molar-refractivity contribution in [2.24, 2.45) is 0 Å². The summed E-state index contributed by atoms with van der Waals surface area (Å²) in [6.45, 7) is 6.04. The number of anilines is 1. The fraction of sp³-hybridized carbons (Fsp3) is 0.310. The molecular formula is C29H30ClFN4O3. The number of halogens is 2. The predicted molar refractivity (Wildman–Crippen MR) is 148 cm³/mol. The van der Waals surface area contributed by atoms with Crippen LogP contribution in [0.5, 0.6) is 11.5 Å². The highest BCUT2D eigenvalue weighted by Gasteiger charge is 2.27. The Bertz CT molecular complexity index is 1490. The topological polar surface area (TPSA) is 70.7 Å². The van der Waals surface area contributed by atoms with Crippen molar-refractivity contribution < 1.29 is 18.7 Å². The maximum atomic E-state index is 15.6. The van der Waals surface area contributed by atoms with Crippen molar-refractivity contribution in [3.63, 3.8) is 0 Å². The molecule has 7 nitrogen and oxygen atoms in total. The molecule has 0 spiro atoms. The zero-order valence-corrected chi connectivity index (χ0v) is 22.6. The number of carbonyl (C=O) groups excluding carboxylic acids is 1. The van der Waals surface area contributed by atoms with Crippen LogP contribution in [0.25, 0.3) is 22.0 Å². The number of amides is 1. The first kappa shape index (κ1) is 25.9. The average Bonchev–Trinajstić information content (AvgIpc) is 3.39. The summed E-state index contributed by atoms with van der Waals surface area (Å²) in [5, 5.41) is 1.15. The van der Waals surface area contributed by atoms with Crippen molar-refractivity contribution in [3.05, 3.63) is 70.8 Å². The number of hydrogen-bond acceptors (Lipinski definition) is 5. The van der Waals surface area contributed by atoms with Crippen LogP contribution in [-0.4, -0.2) is 61.2 Å². The fourth-order valence-electron chi connectivity index (χ4n) is 5.00. The van der Waals surface area contributed by atoms with Crippen molar-refractivity contribution in [1.82, 2.24) is 14.9 Å². The molecule has 0 atom stereocenters. The number of aromatic amines is 1. The van der Waals surface area contributed by atoms with Crippen LogP contribution in [0.4, 0.5) is 10.2 Å². The number of carbonyl (C=O) groups is 1. The van der Waals surface area contributed by atoms with E-state index < -0.39 is 0 Å². The Labute approximate surface area is 226 Å². The lowest BCUT2D eigenvalue weighted by atomic mass is 9.93. The number of methoxy groups -OCH3 is 2. The molecule has 1 N–H and O–H groups in total. The highest BCUT2D eigenvalue weighted by molar-refractivity contribution is 6.30. The number of hydrogen-bond donors (Lipinski definition) is 1. The third kappa shape index (κ3) is 4.65. The number of piperazine rings is 1. The third-order valence-electron chi connectivity index (χ3n) is 7.02. The first-order chi connectivity index (χ1) is 18.3. The van der Waals surface area contributed by atoms with Crippen LogP contribution >= 0.6 is 11.6 Å². The van der Waals surface area contributed by atoms with Crippen LogP contribution in [0, 0.1) is 5.82 Å². The van der Waals surface area contributed by atoms with Gasteiger partial charge < -0.3 is 24.3 Å². The van der Waals surface area contributed by atoms with E-state index in [4.69, 9.17) is 21.1 Å². The molecule has 1 saturated heterocycles. The van der Waals surface area contributed by atoms with E-state index in [-0.39, 0.29) is 17.6 Å². The van der Waals surface area contributed by atoms with Gasteiger partial charge in [-0.15, -0.1) is 0 Å². The van der Waals surface area contributed by atoms with Gasteiger partial charge in [-0.2, -0.15) is 0 Å². The fourth-order valence-corrected chi connectivity index (χ4v) is 5.15. The van der Waals surface area contributed by atoms with Gasteiger partial charge in [0.2, 0.25) is 0 Å². The maximum absolute atomic E-state index is 15.6. The van der Waals surface area contributed by atoms with Crippen molar-refractivity contribution >= 4 is 34.2 Å². The SMILES string of the molecule is COc1ccccc1-c1cc(C(C)C)c(F)c2[nH]c(C(=O)N3CCN(c4ncc(Cl)cc4OC)CC3)cc12. The maximum Gasteiger partial charge on any atom is 0.270 e. The second kappa shape index (κ2) is 10.5. The van der Waals surface area contributed by atoms with E-state index in [1.54, 1.807) is 37.4 Å². The Balaban J connectivity index is 1.47. The number of nitrogens with one attached hydrogen (secondary N) is 1. The molecule has 3 heterocycles. The summed E-state index contributed by atoms with van der Waals surface area (Å²) in [5.74, 6) is 1.42. The van der Waals surface area contributed by atoms with Gasteiger partial charge in [-0.1, -0.05) is 43.6 Å². The minimum Gasteiger partial charge on any atom is -0.496 e. The highest BCUT2D eigenvalue weighted by Crippen LogP contribution is 2.39. The second-order valence-corrected chi connectivity index (χ2v) is 10.0. The molecule has 9 heteroatoms. The summed E-state index contributed by atoms with van der Waals surface area (Å²) >= 11 is 6.05. The largest absolute Gasteiger partial charge is 0.496 e. The lowest BCUT2D eigenvalue weighted by Gasteiger charge is -2.35. The Hall–Kier alpha value is -3.78. The van der Waals surface area contributed by atoms with Crippen LogP contribution in [0.1, 0.15) is 35.8 Å². The first-order valence-corrected chi connectivity index (χ1v) is 12.9. The Morgan fingerprint density at radius 1 is 1.03 bits per heavy atom. The van der Waals surface area contributed by atoms with Crippen LogP contribution in [0.3, 0.4) is 0 Å². The molecule has 5 rings (SSSR count). The molecule has 0 unspecified atom stereocenters. The van der Waals surface area contributed by atoms with E-state index in [0.29, 0.717) is 70.7 Å². The quantitative estimate of drug-likeness (QED) is 0.321. The summed E-state index contributed by atoms with van der Waals surface area (Å²) in [6.07, 6.45) is 1.58. The van der Waals surface area contributed by atoms with Crippen LogP contribution < -0.4 is 14.4 Å². The lowest BCUT2D eigenvalue weighted by Crippen LogP contribution is -2.49. The normalized spacial score (nSPS) is 13.9.